The van der Waals surface area contributed by atoms with Crippen LogP contribution in [0.2, 0.25) is 5.02 Å². The molecule has 0 saturated carbocycles. The Morgan fingerprint density at radius 3 is 2.53 bits per heavy atom. The Bertz CT molecular complexity index is 540. The molecule has 0 unspecified atom stereocenters. The van der Waals surface area contributed by atoms with Crippen LogP contribution in [-0.4, -0.2) is 11.7 Å². The topological polar surface area (TPSA) is 55.5 Å². The molecule has 0 radical (unpaired) electrons. The molecule has 100 valence electrons. The maximum absolute atomic E-state index is 9.22. The highest BCUT2D eigenvalue weighted by Gasteiger charge is 2.07. The van der Waals surface area contributed by atoms with E-state index in [0.29, 0.717) is 24.6 Å². The zero-order valence-corrected chi connectivity index (χ0v) is 11.2. The summed E-state index contributed by atoms with van der Waals surface area (Å²) in [7, 11) is 0. The molecule has 0 heterocycles. The van der Waals surface area contributed by atoms with Gasteiger partial charge in [0.25, 0.3) is 0 Å². The van der Waals surface area contributed by atoms with Crippen molar-refractivity contribution in [1.82, 2.24) is 0 Å². The first-order valence-corrected chi connectivity index (χ1v) is 6.46. The molecule has 2 aromatic carbocycles. The summed E-state index contributed by atoms with van der Waals surface area (Å²) in [4.78, 5) is 0. The van der Waals surface area contributed by atoms with Crippen molar-refractivity contribution in [2.75, 3.05) is 6.54 Å². The normalized spacial score (nSPS) is 10.4. The molecule has 0 aromatic heterocycles. The van der Waals surface area contributed by atoms with Crippen LogP contribution in [-0.2, 0) is 13.0 Å². The molecule has 0 spiro atoms. The van der Waals surface area contributed by atoms with Crippen molar-refractivity contribution in [3.63, 3.8) is 0 Å². The minimum absolute atomic E-state index is 0.246. The molecule has 0 amide bonds. The first-order valence-electron chi connectivity index (χ1n) is 6.09. The Morgan fingerprint density at radius 2 is 1.84 bits per heavy atom. The van der Waals surface area contributed by atoms with Crippen LogP contribution in [0.1, 0.15) is 11.1 Å². The lowest BCUT2D eigenvalue weighted by molar-refractivity contribution is 0.303. The number of aromatic hydroxyl groups is 1. The van der Waals surface area contributed by atoms with Crippen LogP contribution in [0, 0.1) is 0 Å². The summed E-state index contributed by atoms with van der Waals surface area (Å²) in [6.07, 6.45) is 0.685. The number of ether oxygens (including phenoxy) is 1. The Hall–Kier alpha value is -1.71. The summed E-state index contributed by atoms with van der Waals surface area (Å²) in [6, 6.07) is 12.5. The number of hydrogen-bond acceptors (Lipinski definition) is 3. The van der Waals surface area contributed by atoms with Gasteiger partial charge in [-0.3, -0.25) is 0 Å². The van der Waals surface area contributed by atoms with E-state index in [1.54, 1.807) is 12.1 Å². The van der Waals surface area contributed by atoms with Gasteiger partial charge in [0.1, 0.15) is 18.1 Å². The number of nitrogens with two attached hydrogens (primary N) is 1. The number of phenols is 1. The molecule has 0 atom stereocenters. The summed E-state index contributed by atoms with van der Waals surface area (Å²) < 4.78 is 5.77. The van der Waals surface area contributed by atoms with Gasteiger partial charge < -0.3 is 15.6 Å². The molecule has 4 heteroatoms. The quantitative estimate of drug-likeness (QED) is 0.883. The lowest BCUT2D eigenvalue weighted by Crippen LogP contribution is -2.06. The minimum atomic E-state index is 0.246. The van der Waals surface area contributed by atoms with Gasteiger partial charge in [0.2, 0.25) is 0 Å². The van der Waals surface area contributed by atoms with Crippen molar-refractivity contribution >= 4 is 11.6 Å². The highest BCUT2D eigenvalue weighted by molar-refractivity contribution is 6.31. The van der Waals surface area contributed by atoms with Crippen LogP contribution >= 0.6 is 11.6 Å². The molecule has 19 heavy (non-hydrogen) atoms. The second kappa shape index (κ2) is 6.45. The zero-order chi connectivity index (χ0) is 13.7. The Balaban J connectivity index is 2.10. The van der Waals surface area contributed by atoms with Gasteiger partial charge in [-0.1, -0.05) is 29.8 Å². The fraction of sp³-hybridized carbons (Fsp3) is 0.200. The highest BCUT2D eigenvalue weighted by atomic mass is 35.5. The Labute approximate surface area is 117 Å². The summed E-state index contributed by atoms with van der Waals surface area (Å²) >= 11 is 6.14. The average molecular weight is 278 g/mol. The highest BCUT2D eigenvalue weighted by Crippen LogP contribution is 2.27. The van der Waals surface area contributed by atoms with E-state index in [-0.39, 0.29) is 5.75 Å². The predicted octanol–water partition coefficient (Wildman–Crippen LogP) is 3.13. The van der Waals surface area contributed by atoms with Crippen molar-refractivity contribution in [2.45, 2.75) is 13.0 Å². The van der Waals surface area contributed by atoms with E-state index in [0.717, 1.165) is 16.9 Å². The van der Waals surface area contributed by atoms with Gasteiger partial charge in [0.15, 0.2) is 0 Å². The number of phenolic OH excluding ortho intramolecular Hbond substituents is 1. The van der Waals surface area contributed by atoms with Gasteiger partial charge in [-0.15, -0.1) is 0 Å². The Kier molecular flexibility index (Phi) is 4.66. The van der Waals surface area contributed by atoms with Gasteiger partial charge >= 0.3 is 0 Å². The van der Waals surface area contributed by atoms with Gasteiger partial charge in [0, 0.05) is 10.6 Å². The molecule has 2 rings (SSSR count). The lowest BCUT2D eigenvalue weighted by atomic mass is 10.1. The molecule has 0 aliphatic rings. The molecular weight excluding hydrogens is 262 g/mol. The fourth-order valence-electron chi connectivity index (χ4n) is 1.81. The van der Waals surface area contributed by atoms with Crippen LogP contribution in [0.3, 0.4) is 0 Å². The number of halogens is 1. The van der Waals surface area contributed by atoms with Crippen molar-refractivity contribution in [3.05, 3.63) is 58.6 Å². The smallest absolute Gasteiger partial charge is 0.124 e. The monoisotopic (exact) mass is 277 g/mol. The summed E-state index contributed by atoms with van der Waals surface area (Å²) in [5.41, 5.74) is 7.50. The summed E-state index contributed by atoms with van der Waals surface area (Å²) in [5, 5.41) is 9.89. The third-order valence-corrected chi connectivity index (χ3v) is 3.15. The number of rotatable bonds is 5. The van der Waals surface area contributed by atoms with Gasteiger partial charge in [0.05, 0.1) is 0 Å². The van der Waals surface area contributed by atoms with E-state index in [9.17, 15) is 5.11 Å². The second-order valence-corrected chi connectivity index (χ2v) is 4.62. The van der Waals surface area contributed by atoms with Crippen molar-refractivity contribution < 1.29 is 9.84 Å². The Morgan fingerprint density at radius 1 is 1.11 bits per heavy atom. The summed E-state index contributed by atoms with van der Waals surface area (Å²) in [6.45, 7) is 0.956. The van der Waals surface area contributed by atoms with Crippen molar-refractivity contribution in [2.24, 2.45) is 5.73 Å². The standard InChI is InChI=1S/C15H16ClNO2/c16-14-2-1-3-15(13(14)8-9-17)19-10-11-4-6-12(18)7-5-11/h1-7,18H,8-10,17H2. The van der Waals surface area contributed by atoms with Crippen LogP contribution in [0.25, 0.3) is 0 Å². The molecule has 2 aromatic rings. The minimum Gasteiger partial charge on any atom is -0.508 e. The van der Waals surface area contributed by atoms with Crippen LogP contribution in [0.4, 0.5) is 0 Å². The van der Waals surface area contributed by atoms with Gasteiger partial charge in [-0.25, -0.2) is 0 Å². The van der Waals surface area contributed by atoms with Gasteiger partial charge in [-0.2, -0.15) is 0 Å². The molecule has 0 aliphatic carbocycles. The molecule has 0 fully saturated rings. The van der Waals surface area contributed by atoms with E-state index >= 15 is 0 Å². The number of benzene rings is 2. The van der Waals surface area contributed by atoms with E-state index in [4.69, 9.17) is 22.1 Å². The van der Waals surface area contributed by atoms with E-state index in [1.807, 2.05) is 30.3 Å². The molecular formula is C15H16ClNO2. The number of hydrogen-bond donors (Lipinski definition) is 2. The van der Waals surface area contributed by atoms with Crippen LogP contribution in [0.5, 0.6) is 11.5 Å². The summed E-state index contributed by atoms with van der Waals surface area (Å²) in [5.74, 6) is 1.00. The molecule has 3 N–H and O–H groups in total. The first-order chi connectivity index (χ1) is 9.20. The molecule has 0 bridgehead atoms. The van der Waals surface area contributed by atoms with E-state index in [1.165, 1.54) is 0 Å². The van der Waals surface area contributed by atoms with Crippen molar-refractivity contribution in [3.8, 4) is 11.5 Å². The SMILES string of the molecule is NCCc1c(Cl)cccc1OCc1ccc(O)cc1. The average Bonchev–Trinajstić information content (AvgIpc) is 2.41. The predicted molar refractivity (Wildman–Crippen MR) is 76.6 cm³/mol. The first kappa shape index (κ1) is 13.7. The fourth-order valence-corrected chi connectivity index (χ4v) is 2.07. The third kappa shape index (κ3) is 3.63. The second-order valence-electron chi connectivity index (χ2n) is 4.21. The molecule has 0 aliphatic heterocycles. The zero-order valence-electron chi connectivity index (χ0n) is 10.5. The molecule has 0 saturated heterocycles. The lowest BCUT2D eigenvalue weighted by Gasteiger charge is -2.12. The largest absolute Gasteiger partial charge is 0.508 e. The van der Waals surface area contributed by atoms with E-state index < -0.39 is 0 Å². The maximum atomic E-state index is 9.22. The van der Waals surface area contributed by atoms with Crippen molar-refractivity contribution in [1.29, 1.82) is 0 Å². The van der Waals surface area contributed by atoms with Crippen LogP contribution < -0.4 is 10.5 Å². The molecule has 3 nitrogen and oxygen atoms in total. The van der Waals surface area contributed by atoms with E-state index in [2.05, 4.69) is 0 Å². The maximum Gasteiger partial charge on any atom is 0.124 e. The van der Waals surface area contributed by atoms with Gasteiger partial charge in [-0.05, 0) is 42.8 Å². The van der Waals surface area contributed by atoms with Crippen LogP contribution in [0.15, 0.2) is 42.5 Å². The third-order valence-electron chi connectivity index (χ3n) is 2.80.